The van der Waals surface area contributed by atoms with Crippen LogP contribution in [0.5, 0.6) is 5.75 Å². The Morgan fingerprint density at radius 1 is 1.17 bits per heavy atom. The number of halogens is 3. The fourth-order valence-corrected chi connectivity index (χ4v) is 1.80. The Bertz CT molecular complexity index is 402. The Labute approximate surface area is 105 Å². The van der Waals surface area contributed by atoms with Crippen molar-refractivity contribution in [3.63, 3.8) is 0 Å². The van der Waals surface area contributed by atoms with Crippen LogP contribution in [0.25, 0.3) is 0 Å². The molecule has 0 aliphatic rings. The van der Waals surface area contributed by atoms with Gasteiger partial charge in [-0.3, -0.25) is 0 Å². The van der Waals surface area contributed by atoms with Gasteiger partial charge in [0.15, 0.2) is 0 Å². The summed E-state index contributed by atoms with van der Waals surface area (Å²) in [6, 6.07) is 3.29. The number of rotatable bonds is 4. The number of nitrogens with two attached hydrogens (primary N) is 1. The van der Waals surface area contributed by atoms with Gasteiger partial charge < -0.3 is 10.5 Å². The average Bonchev–Trinajstić information content (AvgIpc) is 2.13. The predicted molar refractivity (Wildman–Crippen MR) is 65.4 cm³/mol. The molecule has 1 atom stereocenters. The van der Waals surface area contributed by atoms with Gasteiger partial charge in [0.2, 0.25) is 0 Å². The van der Waals surface area contributed by atoms with E-state index in [0.717, 1.165) is 18.6 Å². The first-order chi connectivity index (χ1) is 8.18. The first kappa shape index (κ1) is 14.7. The smallest absolute Gasteiger partial charge is 0.416 e. The average molecular weight is 261 g/mol. The summed E-state index contributed by atoms with van der Waals surface area (Å²) in [5, 5.41) is 0. The van der Waals surface area contributed by atoms with Crippen molar-refractivity contribution in [2.75, 3.05) is 5.73 Å². The minimum atomic E-state index is -4.41. The highest BCUT2D eigenvalue weighted by Crippen LogP contribution is 2.33. The van der Waals surface area contributed by atoms with E-state index in [9.17, 15) is 13.2 Å². The van der Waals surface area contributed by atoms with Crippen molar-refractivity contribution in [1.29, 1.82) is 0 Å². The molecule has 1 aromatic carbocycles. The molecular formula is C13H18F3NO. The summed E-state index contributed by atoms with van der Waals surface area (Å²) in [7, 11) is 0. The van der Waals surface area contributed by atoms with Gasteiger partial charge in [-0.2, -0.15) is 13.2 Å². The highest BCUT2D eigenvalue weighted by molar-refractivity contribution is 5.48. The molecule has 0 amide bonds. The minimum Gasteiger partial charge on any atom is -0.491 e. The van der Waals surface area contributed by atoms with Crippen LogP contribution in [0.4, 0.5) is 18.9 Å². The summed E-state index contributed by atoms with van der Waals surface area (Å²) in [4.78, 5) is 0. The highest BCUT2D eigenvalue weighted by atomic mass is 19.4. The second kappa shape index (κ2) is 5.50. The predicted octanol–water partition coefficient (Wildman–Crippen LogP) is 4.10. The Kier molecular flexibility index (Phi) is 4.48. The number of hydrogen-bond donors (Lipinski definition) is 1. The summed E-state index contributed by atoms with van der Waals surface area (Å²) >= 11 is 0. The van der Waals surface area contributed by atoms with E-state index in [1.54, 1.807) is 0 Å². The Hall–Kier alpha value is -1.39. The molecule has 0 aliphatic carbocycles. The Morgan fingerprint density at radius 3 is 2.28 bits per heavy atom. The van der Waals surface area contributed by atoms with Crippen LogP contribution in [0.3, 0.4) is 0 Å². The third kappa shape index (κ3) is 4.47. The van der Waals surface area contributed by atoms with Gasteiger partial charge in [-0.15, -0.1) is 0 Å². The topological polar surface area (TPSA) is 35.2 Å². The van der Waals surface area contributed by atoms with Gasteiger partial charge in [0.1, 0.15) is 5.75 Å². The van der Waals surface area contributed by atoms with Crippen LogP contribution in [0.1, 0.15) is 32.8 Å². The van der Waals surface area contributed by atoms with E-state index in [1.807, 2.05) is 20.8 Å². The lowest BCUT2D eigenvalue weighted by atomic mass is 10.1. The summed E-state index contributed by atoms with van der Waals surface area (Å²) < 4.78 is 43.2. The molecule has 5 heteroatoms. The van der Waals surface area contributed by atoms with Crippen LogP contribution in [0.2, 0.25) is 0 Å². The largest absolute Gasteiger partial charge is 0.491 e. The zero-order valence-corrected chi connectivity index (χ0v) is 10.7. The first-order valence-electron chi connectivity index (χ1n) is 5.83. The van der Waals surface area contributed by atoms with Gasteiger partial charge in [-0.05, 0) is 31.4 Å². The summed E-state index contributed by atoms with van der Waals surface area (Å²) in [6.45, 7) is 5.89. The molecule has 0 aromatic heterocycles. The lowest BCUT2D eigenvalue weighted by Crippen LogP contribution is -2.15. The Balaban J connectivity index is 2.87. The second-order valence-electron chi connectivity index (χ2n) is 4.85. The molecule has 0 spiro atoms. The SMILES string of the molecule is CC(C)CC(C)Oc1cc(N)cc(C(F)(F)F)c1. The highest BCUT2D eigenvalue weighted by Gasteiger charge is 2.31. The van der Waals surface area contributed by atoms with Crippen molar-refractivity contribution in [1.82, 2.24) is 0 Å². The molecular weight excluding hydrogens is 243 g/mol. The molecule has 2 N–H and O–H groups in total. The zero-order valence-electron chi connectivity index (χ0n) is 10.7. The second-order valence-corrected chi connectivity index (χ2v) is 4.85. The molecule has 2 nitrogen and oxygen atoms in total. The summed E-state index contributed by atoms with van der Waals surface area (Å²) in [5.74, 6) is 0.582. The van der Waals surface area contributed by atoms with E-state index < -0.39 is 11.7 Å². The van der Waals surface area contributed by atoms with Crippen molar-refractivity contribution in [3.05, 3.63) is 23.8 Å². The van der Waals surface area contributed by atoms with Crippen LogP contribution in [-0.2, 0) is 6.18 Å². The summed E-state index contributed by atoms with van der Waals surface area (Å²) in [6.07, 6.45) is -3.78. The molecule has 0 saturated heterocycles. The lowest BCUT2D eigenvalue weighted by molar-refractivity contribution is -0.137. The van der Waals surface area contributed by atoms with Crippen molar-refractivity contribution < 1.29 is 17.9 Å². The number of ether oxygens (including phenoxy) is 1. The molecule has 0 fully saturated rings. The van der Waals surface area contributed by atoms with Crippen LogP contribution in [-0.4, -0.2) is 6.10 Å². The van der Waals surface area contributed by atoms with E-state index in [2.05, 4.69) is 0 Å². The fraction of sp³-hybridized carbons (Fsp3) is 0.538. The lowest BCUT2D eigenvalue weighted by Gasteiger charge is -2.18. The van der Waals surface area contributed by atoms with Crippen LogP contribution >= 0.6 is 0 Å². The molecule has 18 heavy (non-hydrogen) atoms. The summed E-state index contributed by atoms with van der Waals surface area (Å²) in [5.41, 5.74) is 4.72. The maximum Gasteiger partial charge on any atom is 0.416 e. The molecule has 0 heterocycles. The quantitative estimate of drug-likeness (QED) is 0.828. The van der Waals surface area contributed by atoms with E-state index >= 15 is 0 Å². The molecule has 0 saturated carbocycles. The molecule has 0 bridgehead atoms. The van der Waals surface area contributed by atoms with Gasteiger partial charge >= 0.3 is 6.18 Å². The molecule has 1 aromatic rings. The van der Waals surface area contributed by atoms with E-state index in [1.165, 1.54) is 6.07 Å². The number of nitrogen functional groups attached to an aromatic ring is 1. The van der Waals surface area contributed by atoms with Crippen molar-refractivity contribution in [3.8, 4) is 5.75 Å². The van der Waals surface area contributed by atoms with Crippen LogP contribution in [0.15, 0.2) is 18.2 Å². The van der Waals surface area contributed by atoms with Crippen LogP contribution in [0, 0.1) is 5.92 Å². The van der Waals surface area contributed by atoms with Gasteiger partial charge in [-0.1, -0.05) is 13.8 Å². The zero-order chi connectivity index (χ0) is 13.9. The van der Waals surface area contributed by atoms with Crippen molar-refractivity contribution in [2.24, 2.45) is 5.92 Å². The maximum atomic E-state index is 12.6. The molecule has 102 valence electrons. The third-order valence-corrected chi connectivity index (χ3v) is 2.40. The first-order valence-corrected chi connectivity index (χ1v) is 5.83. The molecule has 0 radical (unpaired) electrons. The number of benzene rings is 1. The standard InChI is InChI=1S/C13H18F3NO/c1-8(2)4-9(3)18-12-6-10(13(14,15)16)5-11(17)7-12/h5-9H,4,17H2,1-3H3. The normalized spacial score (nSPS) is 13.7. The van der Waals surface area contributed by atoms with E-state index in [-0.39, 0.29) is 17.5 Å². The number of hydrogen-bond acceptors (Lipinski definition) is 2. The van der Waals surface area contributed by atoms with Gasteiger partial charge in [0.05, 0.1) is 11.7 Å². The molecule has 1 rings (SSSR count). The van der Waals surface area contributed by atoms with Crippen molar-refractivity contribution in [2.45, 2.75) is 39.5 Å². The Morgan fingerprint density at radius 2 is 1.78 bits per heavy atom. The maximum absolute atomic E-state index is 12.6. The van der Waals surface area contributed by atoms with Gasteiger partial charge in [-0.25, -0.2) is 0 Å². The van der Waals surface area contributed by atoms with E-state index in [0.29, 0.717) is 5.92 Å². The molecule has 0 aliphatic heterocycles. The van der Waals surface area contributed by atoms with Crippen molar-refractivity contribution >= 4 is 5.69 Å². The van der Waals surface area contributed by atoms with Crippen LogP contribution < -0.4 is 10.5 Å². The third-order valence-electron chi connectivity index (χ3n) is 2.40. The minimum absolute atomic E-state index is 0.0524. The monoisotopic (exact) mass is 261 g/mol. The van der Waals surface area contributed by atoms with Gasteiger partial charge in [0.25, 0.3) is 0 Å². The number of alkyl halides is 3. The number of anilines is 1. The molecule has 1 unspecified atom stereocenters. The van der Waals surface area contributed by atoms with Gasteiger partial charge in [0, 0.05) is 11.8 Å². The van der Waals surface area contributed by atoms with E-state index in [4.69, 9.17) is 10.5 Å². The fourth-order valence-electron chi connectivity index (χ4n) is 1.80.